The lowest BCUT2D eigenvalue weighted by atomic mass is 10.2. The van der Waals surface area contributed by atoms with E-state index in [0.29, 0.717) is 12.2 Å². The number of hydrogen-bond acceptors (Lipinski definition) is 3. The molecule has 0 aliphatic heterocycles. The lowest BCUT2D eigenvalue weighted by molar-refractivity contribution is 0.565. The summed E-state index contributed by atoms with van der Waals surface area (Å²) < 4.78 is 26.9. The SMILES string of the molecule is Nc1cccc(CN(c2ncc(F)cc2F)C2CC2)c1. The maximum absolute atomic E-state index is 13.9. The molecule has 2 aromatic rings. The molecule has 1 aromatic heterocycles. The fourth-order valence-corrected chi connectivity index (χ4v) is 2.27. The molecular formula is C15H15F2N3. The van der Waals surface area contributed by atoms with E-state index < -0.39 is 11.6 Å². The number of nitrogens with zero attached hydrogens (tertiary/aromatic N) is 2. The summed E-state index contributed by atoms with van der Waals surface area (Å²) in [7, 11) is 0. The summed E-state index contributed by atoms with van der Waals surface area (Å²) in [4.78, 5) is 5.78. The molecule has 1 aromatic carbocycles. The van der Waals surface area contributed by atoms with Crippen molar-refractivity contribution >= 4 is 11.5 Å². The Morgan fingerprint density at radius 2 is 2.05 bits per heavy atom. The third-order valence-electron chi connectivity index (χ3n) is 3.35. The molecule has 1 heterocycles. The first-order chi connectivity index (χ1) is 9.63. The fraction of sp³-hybridized carbons (Fsp3) is 0.267. The number of rotatable bonds is 4. The molecule has 0 atom stereocenters. The maximum Gasteiger partial charge on any atom is 0.168 e. The van der Waals surface area contributed by atoms with E-state index in [0.717, 1.165) is 30.7 Å². The van der Waals surface area contributed by atoms with Crippen molar-refractivity contribution in [3.8, 4) is 0 Å². The van der Waals surface area contributed by atoms with Gasteiger partial charge in [-0.05, 0) is 30.5 Å². The second-order valence-corrected chi connectivity index (χ2v) is 5.06. The molecule has 20 heavy (non-hydrogen) atoms. The van der Waals surface area contributed by atoms with E-state index in [-0.39, 0.29) is 11.9 Å². The van der Waals surface area contributed by atoms with Crippen LogP contribution in [-0.2, 0) is 6.54 Å². The summed E-state index contributed by atoms with van der Waals surface area (Å²) >= 11 is 0. The van der Waals surface area contributed by atoms with Gasteiger partial charge in [-0.3, -0.25) is 0 Å². The van der Waals surface area contributed by atoms with Crippen LogP contribution in [0.3, 0.4) is 0 Å². The Morgan fingerprint density at radius 3 is 2.70 bits per heavy atom. The highest BCUT2D eigenvalue weighted by Crippen LogP contribution is 2.33. The Kier molecular flexibility index (Phi) is 3.26. The van der Waals surface area contributed by atoms with Crippen molar-refractivity contribution < 1.29 is 8.78 Å². The molecule has 1 fully saturated rings. The Morgan fingerprint density at radius 1 is 1.25 bits per heavy atom. The van der Waals surface area contributed by atoms with Crippen LogP contribution >= 0.6 is 0 Å². The highest BCUT2D eigenvalue weighted by atomic mass is 19.1. The van der Waals surface area contributed by atoms with Gasteiger partial charge < -0.3 is 10.6 Å². The minimum atomic E-state index is -0.661. The maximum atomic E-state index is 13.9. The van der Waals surface area contributed by atoms with Crippen LogP contribution < -0.4 is 10.6 Å². The monoisotopic (exact) mass is 275 g/mol. The standard InChI is InChI=1S/C15H15F2N3/c16-11-7-14(17)15(19-8-11)20(13-4-5-13)9-10-2-1-3-12(18)6-10/h1-3,6-8,13H,4-5,9,18H2. The summed E-state index contributed by atoms with van der Waals surface area (Å²) in [6.45, 7) is 0.519. The summed E-state index contributed by atoms with van der Waals surface area (Å²) in [5.74, 6) is -1.08. The molecule has 2 N–H and O–H groups in total. The van der Waals surface area contributed by atoms with Crippen molar-refractivity contribution in [3.63, 3.8) is 0 Å². The van der Waals surface area contributed by atoms with Gasteiger partial charge in [-0.1, -0.05) is 12.1 Å². The average Bonchev–Trinajstić information content (AvgIpc) is 3.21. The number of pyridine rings is 1. The van der Waals surface area contributed by atoms with E-state index in [4.69, 9.17) is 5.73 Å². The summed E-state index contributed by atoms with van der Waals surface area (Å²) in [5.41, 5.74) is 7.42. The van der Waals surface area contributed by atoms with Crippen LogP contribution in [0, 0.1) is 11.6 Å². The lowest BCUT2D eigenvalue weighted by Gasteiger charge is -2.24. The van der Waals surface area contributed by atoms with Crippen LogP contribution in [0.25, 0.3) is 0 Å². The molecule has 104 valence electrons. The van der Waals surface area contributed by atoms with Crippen LogP contribution in [0.4, 0.5) is 20.3 Å². The first-order valence-electron chi connectivity index (χ1n) is 6.55. The summed E-state index contributed by atoms with van der Waals surface area (Å²) in [6, 6.07) is 8.61. The van der Waals surface area contributed by atoms with Gasteiger partial charge in [-0.2, -0.15) is 0 Å². The third kappa shape index (κ3) is 2.71. The van der Waals surface area contributed by atoms with E-state index in [2.05, 4.69) is 4.98 Å². The van der Waals surface area contributed by atoms with Gasteiger partial charge >= 0.3 is 0 Å². The summed E-state index contributed by atoms with van der Waals surface area (Å²) in [6.07, 6.45) is 3.05. The average molecular weight is 275 g/mol. The predicted octanol–water partition coefficient (Wildman–Crippen LogP) is 3.11. The van der Waals surface area contributed by atoms with Crippen molar-refractivity contribution in [2.75, 3.05) is 10.6 Å². The molecule has 1 aliphatic rings. The van der Waals surface area contributed by atoms with E-state index in [1.807, 2.05) is 29.2 Å². The van der Waals surface area contributed by atoms with Gasteiger partial charge in [0.1, 0.15) is 5.82 Å². The van der Waals surface area contributed by atoms with Gasteiger partial charge in [-0.15, -0.1) is 0 Å². The number of benzene rings is 1. The Hall–Kier alpha value is -2.17. The Bertz CT molecular complexity index is 626. The number of anilines is 2. The second-order valence-electron chi connectivity index (χ2n) is 5.06. The molecule has 1 aliphatic carbocycles. The van der Waals surface area contributed by atoms with Crippen LogP contribution in [0.1, 0.15) is 18.4 Å². The minimum absolute atomic E-state index is 0.205. The molecule has 0 unspecified atom stereocenters. The quantitative estimate of drug-likeness (QED) is 0.872. The van der Waals surface area contributed by atoms with E-state index >= 15 is 0 Å². The van der Waals surface area contributed by atoms with E-state index in [1.165, 1.54) is 0 Å². The van der Waals surface area contributed by atoms with Crippen molar-refractivity contribution in [2.24, 2.45) is 0 Å². The van der Waals surface area contributed by atoms with E-state index in [1.54, 1.807) is 0 Å². The zero-order valence-electron chi connectivity index (χ0n) is 10.9. The lowest BCUT2D eigenvalue weighted by Crippen LogP contribution is -2.27. The van der Waals surface area contributed by atoms with Crippen LogP contribution in [-0.4, -0.2) is 11.0 Å². The smallest absolute Gasteiger partial charge is 0.168 e. The fourth-order valence-electron chi connectivity index (χ4n) is 2.27. The van der Waals surface area contributed by atoms with Gasteiger partial charge in [-0.25, -0.2) is 13.8 Å². The molecule has 0 amide bonds. The molecule has 1 saturated carbocycles. The zero-order valence-corrected chi connectivity index (χ0v) is 10.9. The molecule has 0 spiro atoms. The molecule has 0 radical (unpaired) electrons. The first kappa shape index (κ1) is 12.8. The van der Waals surface area contributed by atoms with Gasteiger partial charge in [0.05, 0.1) is 6.20 Å². The number of halogens is 2. The largest absolute Gasteiger partial charge is 0.399 e. The normalized spacial score (nSPS) is 14.3. The Balaban J connectivity index is 1.89. The van der Waals surface area contributed by atoms with Crippen molar-refractivity contribution in [3.05, 3.63) is 53.7 Å². The second kappa shape index (κ2) is 5.07. The Labute approximate surface area is 116 Å². The van der Waals surface area contributed by atoms with Crippen molar-refractivity contribution in [1.29, 1.82) is 0 Å². The highest BCUT2D eigenvalue weighted by Gasteiger charge is 2.31. The number of nitrogen functional groups attached to an aromatic ring is 1. The first-order valence-corrected chi connectivity index (χ1v) is 6.55. The summed E-state index contributed by atoms with van der Waals surface area (Å²) in [5, 5.41) is 0. The van der Waals surface area contributed by atoms with Gasteiger partial charge in [0.25, 0.3) is 0 Å². The molecule has 3 rings (SSSR count). The van der Waals surface area contributed by atoms with Gasteiger partial charge in [0.15, 0.2) is 11.6 Å². The number of hydrogen-bond donors (Lipinski definition) is 1. The predicted molar refractivity (Wildman–Crippen MR) is 74.2 cm³/mol. The molecule has 3 nitrogen and oxygen atoms in total. The van der Waals surface area contributed by atoms with Crippen LogP contribution in [0.15, 0.2) is 36.5 Å². The minimum Gasteiger partial charge on any atom is -0.399 e. The number of aromatic nitrogens is 1. The molecule has 5 heteroatoms. The van der Waals surface area contributed by atoms with E-state index in [9.17, 15) is 8.78 Å². The highest BCUT2D eigenvalue weighted by molar-refractivity contribution is 5.46. The van der Waals surface area contributed by atoms with Gasteiger partial charge in [0, 0.05) is 24.3 Å². The topological polar surface area (TPSA) is 42.1 Å². The number of nitrogens with two attached hydrogens (primary N) is 1. The molecule has 0 saturated heterocycles. The van der Waals surface area contributed by atoms with Crippen molar-refractivity contribution in [2.45, 2.75) is 25.4 Å². The molecule has 0 bridgehead atoms. The molecular weight excluding hydrogens is 260 g/mol. The van der Waals surface area contributed by atoms with Crippen molar-refractivity contribution in [1.82, 2.24) is 4.98 Å². The van der Waals surface area contributed by atoms with Crippen LogP contribution in [0.2, 0.25) is 0 Å². The third-order valence-corrected chi connectivity index (χ3v) is 3.35. The zero-order chi connectivity index (χ0) is 14.1. The van der Waals surface area contributed by atoms with Crippen LogP contribution in [0.5, 0.6) is 0 Å². The van der Waals surface area contributed by atoms with Gasteiger partial charge in [0.2, 0.25) is 0 Å².